The van der Waals surface area contributed by atoms with E-state index in [0.29, 0.717) is 0 Å². The maximum absolute atomic E-state index is 5.02. The molecule has 3 aromatic carbocycles. The second kappa shape index (κ2) is 7.53. The minimum absolute atomic E-state index is 0.0968. The van der Waals surface area contributed by atoms with Crippen molar-refractivity contribution in [2.45, 2.75) is 26.2 Å². The Bertz CT molecular complexity index is 1900. The topological polar surface area (TPSA) is 35.6 Å². The SMILES string of the molecule is CC(C)(C)c1ccc(-n2c3ccccc3c3ncc4c5ncccc5n(-c5ccccc5)c4c32)cc1. The summed E-state index contributed by atoms with van der Waals surface area (Å²) in [4.78, 5) is 9.81. The van der Waals surface area contributed by atoms with Gasteiger partial charge in [-0.05, 0) is 53.4 Å². The number of aromatic nitrogens is 4. The molecule has 0 saturated heterocycles. The Labute approximate surface area is 209 Å². The molecule has 36 heavy (non-hydrogen) atoms. The van der Waals surface area contributed by atoms with Crippen LogP contribution in [0.1, 0.15) is 26.3 Å². The Morgan fingerprint density at radius 3 is 2.00 bits per heavy atom. The molecule has 4 aromatic heterocycles. The molecule has 0 atom stereocenters. The molecule has 0 aliphatic heterocycles. The highest BCUT2D eigenvalue weighted by Gasteiger charge is 2.22. The number of nitrogens with zero attached hydrogens (tertiary/aromatic N) is 4. The van der Waals surface area contributed by atoms with E-state index in [9.17, 15) is 0 Å². The van der Waals surface area contributed by atoms with Crippen molar-refractivity contribution in [3.8, 4) is 11.4 Å². The molecule has 0 bridgehead atoms. The van der Waals surface area contributed by atoms with Crippen LogP contribution in [-0.4, -0.2) is 19.1 Å². The number of pyridine rings is 2. The molecule has 0 fully saturated rings. The molecule has 4 heteroatoms. The quantitative estimate of drug-likeness (QED) is 0.259. The second-order valence-electron chi connectivity index (χ2n) is 10.4. The summed E-state index contributed by atoms with van der Waals surface area (Å²) in [5.41, 5.74) is 10.1. The first-order valence-electron chi connectivity index (χ1n) is 12.4. The third-order valence-corrected chi connectivity index (χ3v) is 7.16. The van der Waals surface area contributed by atoms with Gasteiger partial charge in [0.2, 0.25) is 0 Å². The summed E-state index contributed by atoms with van der Waals surface area (Å²) in [6.07, 6.45) is 3.86. The van der Waals surface area contributed by atoms with E-state index < -0.39 is 0 Å². The van der Waals surface area contributed by atoms with E-state index in [1.807, 2.05) is 18.5 Å². The van der Waals surface area contributed by atoms with Crippen LogP contribution in [0, 0.1) is 0 Å². The number of hydrogen-bond acceptors (Lipinski definition) is 2. The van der Waals surface area contributed by atoms with Crippen molar-refractivity contribution >= 4 is 43.9 Å². The van der Waals surface area contributed by atoms with Crippen molar-refractivity contribution in [1.29, 1.82) is 0 Å². The highest BCUT2D eigenvalue weighted by atomic mass is 15.1. The van der Waals surface area contributed by atoms with Crippen molar-refractivity contribution in [1.82, 2.24) is 19.1 Å². The minimum Gasteiger partial charge on any atom is -0.306 e. The van der Waals surface area contributed by atoms with Gasteiger partial charge in [-0.15, -0.1) is 0 Å². The van der Waals surface area contributed by atoms with E-state index in [1.165, 1.54) is 5.56 Å². The Balaban J connectivity index is 1.70. The van der Waals surface area contributed by atoms with Gasteiger partial charge in [-0.2, -0.15) is 0 Å². The van der Waals surface area contributed by atoms with Crippen LogP contribution >= 0.6 is 0 Å². The van der Waals surface area contributed by atoms with Crippen molar-refractivity contribution in [3.05, 3.63) is 109 Å². The minimum atomic E-state index is 0.0968. The van der Waals surface area contributed by atoms with Crippen LogP contribution in [0.5, 0.6) is 0 Å². The summed E-state index contributed by atoms with van der Waals surface area (Å²) < 4.78 is 4.70. The van der Waals surface area contributed by atoms with Gasteiger partial charge in [-0.1, -0.05) is 69.3 Å². The van der Waals surface area contributed by atoms with E-state index in [2.05, 4.69) is 115 Å². The van der Waals surface area contributed by atoms with E-state index in [4.69, 9.17) is 9.97 Å². The van der Waals surface area contributed by atoms with Gasteiger partial charge in [-0.3, -0.25) is 9.97 Å². The lowest BCUT2D eigenvalue weighted by Crippen LogP contribution is -2.10. The van der Waals surface area contributed by atoms with Crippen LogP contribution in [0.15, 0.2) is 103 Å². The smallest absolute Gasteiger partial charge is 0.0985 e. The summed E-state index contributed by atoms with van der Waals surface area (Å²) in [5, 5.41) is 2.20. The lowest BCUT2D eigenvalue weighted by molar-refractivity contribution is 0.590. The summed E-state index contributed by atoms with van der Waals surface area (Å²) in [5.74, 6) is 0. The zero-order valence-corrected chi connectivity index (χ0v) is 20.6. The van der Waals surface area contributed by atoms with Gasteiger partial charge in [0.15, 0.2) is 0 Å². The van der Waals surface area contributed by atoms with E-state index in [-0.39, 0.29) is 5.41 Å². The average Bonchev–Trinajstić information content (AvgIpc) is 3.42. The van der Waals surface area contributed by atoms with E-state index in [0.717, 1.165) is 55.2 Å². The molecule has 0 unspecified atom stereocenters. The Morgan fingerprint density at radius 2 is 1.22 bits per heavy atom. The Kier molecular flexibility index (Phi) is 4.37. The predicted octanol–water partition coefficient (Wildman–Crippen LogP) is 7.97. The van der Waals surface area contributed by atoms with Gasteiger partial charge < -0.3 is 9.13 Å². The molecular formula is C32H26N4. The second-order valence-corrected chi connectivity index (χ2v) is 10.4. The Morgan fingerprint density at radius 1 is 0.556 bits per heavy atom. The largest absolute Gasteiger partial charge is 0.306 e. The van der Waals surface area contributed by atoms with Crippen molar-refractivity contribution < 1.29 is 0 Å². The zero-order chi connectivity index (χ0) is 24.4. The summed E-state index contributed by atoms with van der Waals surface area (Å²) in [6.45, 7) is 6.75. The number of fused-ring (bicyclic) bond motifs is 7. The molecule has 7 aromatic rings. The fraction of sp³-hybridized carbons (Fsp3) is 0.125. The average molecular weight is 467 g/mol. The molecule has 0 amide bonds. The van der Waals surface area contributed by atoms with Gasteiger partial charge in [0.25, 0.3) is 0 Å². The van der Waals surface area contributed by atoms with E-state index >= 15 is 0 Å². The van der Waals surface area contributed by atoms with Gasteiger partial charge in [-0.25, -0.2) is 0 Å². The number of benzene rings is 3. The number of rotatable bonds is 2. The molecule has 0 aliphatic carbocycles. The molecule has 0 N–H and O–H groups in total. The third-order valence-electron chi connectivity index (χ3n) is 7.16. The fourth-order valence-corrected chi connectivity index (χ4v) is 5.42. The molecular weight excluding hydrogens is 440 g/mol. The van der Waals surface area contributed by atoms with Crippen LogP contribution in [0.2, 0.25) is 0 Å². The van der Waals surface area contributed by atoms with Crippen LogP contribution in [-0.2, 0) is 5.41 Å². The maximum atomic E-state index is 5.02. The van der Waals surface area contributed by atoms with Crippen LogP contribution in [0.25, 0.3) is 55.2 Å². The zero-order valence-electron chi connectivity index (χ0n) is 20.6. The standard InChI is InChI=1S/C32H26N4/c1-32(2,3)21-15-17-23(18-16-21)35-26-13-8-7-12-24(26)29-31(35)30-25(20-34-29)28-27(14-9-19-33-28)36(30)22-10-5-4-6-11-22/h4-20H,1-3H3. The fourth-order valence-electron chi connectivity index (χ4n) is 5.42. The van der Waals surface area contributed by atoms with Crippen molar-refractivity contribution in [2.75, 3.05) is 0 Å². The van der Waals surface area contributed by atoms with Crippen LogP contribution in [0.3, 0.4) is 0 Å². The summed E-state index contributed by atoms with van der Waals surface area (Å²) in [7, 11) is 0. The first-order chi connectivity index (χ1) is 17.5. The first kappa shape index (κ1) is 20.9. The molecule has 0 spiro atoms. The van der Waals surface area contributed by atoms with Crippen molar-refractivity contribution in [2.24, 2.45) is 0 Å². The summed E-state index contributed by atoms with van der Waals surface area (Å²) >= 11 is 0. The molecule has 4 nitrogen and oxygen atoms in total. The normalized spacial score (nSPS) is 12.3. The van der Waals surface area contributed by atoms with Gasteiger partial charge in [0.05, 0.1) is 33.1 Å². The van der Waals surface area contributed by atoms with Crippen molar-refractivity contribution in [3.63, 3.8) is 0 Å². The lowest BCUT2D eigenvalue weighted by atomic mass is 9.87. The monoisotopic (exact) mass is 466 g/mol. The summed E-state index contributed by atoms with van der Waals surface area (Å²) in [6, 6.07) is 32.2. The highest BCUT2D eigenvalue weighted by Crippen LogP contribution is 2.40. The molecule has 0 aliphatic rings. The van der Waals surface area contributed by atoms with Gasteiger partial charge in [0.1, 0.15) is 0 Å². The Hall–Kier alpha value is -4.44. The van der Waals surface area contributed by atoms with E-state index in [1.54, 1.807) is 0 Å². The molecule has 0 radical (unpaired) electrons. The number of hydrogen-bond donors (Lipinski definition) is 0. The van der Waals surface area contributed by atoms with Crippen LogP contribution < -0.4 is 0 Å². The highest BCUT2D eigenvalue weighted by molar-refractivity contribution is 6.21. The molecule has 0 saturated carbocycles. The van der Waals surface area contributed by atoms with Gasteiger partial charge >= 0.3 is 0 Å². The number of para-hydroxylation sites is 2. The van der Waals surface area contributed by atoms with Gasteiger partial charge in [0, 0.05) is 34.5 Å². The maximum Gasteiger partial charge on any atom is 0.0985 e. The van der Waals surface area contributed by atoms with Crippen LogP contribution in [0.4, 0.5) is 0 Å². The first-order valence-corrected chi connectivity index (χ1v) is 12.4. The molecule has 7 rings (SSSR count). The third kappa shape index (κ3) is 2.94. The lowest BCUT2D eigenvalue weighted by Gasteiger charge is -2.19. The predicted molar refractivity (Wildman–Crippen MR) is 149 cm³/mol. The molecule has 174 valence electrons. The molecule has 4 heterocycles.